The summed E-state index contributed by atoms with van der Waals surface area (Å²) in [4.78, 5) is 11.7. The normalized spacial score (nSPS) is 11.7. The minimum Gasteiger partial charge on any atom is -0.385 e. The van der Waals surface area contributed by atoms with Gasteiger partial charge in [-0.15, -0.1) is 6.58 Å². The summed E-state index contributed by atoms with van der Waals surface area (Å²) < 4.78 is 0. The van der Waals surface area contributed by atoms with Gasteiger partial charge in [0, 0.05) is 24.3 Å². The first-order valence-electron chi connectivity index (χ1n) is 6.90. The van der Waals surface area contributed by atoms with Crippen molar-refractivity contribution in [2.24, 2.45) is 5.92 Å². The molecule has 0 radical (unpaired) electrons. The number of nitrogens with one attached hydrogen (secondary N) is 2. The fraction of sp³-hybridized carbons (Fsp3) is 0.438. The average molecular weight is 260 g/mol. The highest BCUT2D eigenvalue weighted by Gasteiger charge is 2.04. The van der Waals surface area contributed by atoms with E-state index in [0.29, 0.717) is 18.0 Å². The lowest BCUT2D eigenvalue weighted by atomic mass is 10.1. The number of carbonyl (C=O) groups excluding carboxylic acids is 1. The number of amides is 1. The first-order chi connectivity index (χ1) is 9.17. The van der Waals surface area contributed by atoms with Gasteiger partial charge in [-0.1, -0.05) is 26.3 Å². The molecule has 0 fully saturated rings. The predicted octanol–water partition coefficient (Wildman–Crippen LogP) is 3.45. The monoisotopic (exact) mass is 260 g/mol. The molecule has 1 aromatic rings. The zero-order chi connectivity index (χ0) is 14.1. The van der Waals surface area contributed by atoms with Crippen LogP contribution in [0.25, 0.3) is 0 Å². The Labute approximate surface area is 116 Å². The van der Waals surface area contributed by atoms with Gasteiger partial charge in [-0.05, 0) is 36.6 Å². The van der Waals surface area contributed by atoms with Crippen molar-refractivity contribution in [1.29, 1.82) is 0 Å². The second-order valence-corrected chi connectivity index (χ2v) is 4.85. The maximum atomic E-state index is 11.7. The van der Waals surface area contributed by atoms with Crippen molar-refractivity contribution in [3.8, 4) is 0 Å². The summed E-state index contributed by atoms with van der Waals surface area (Å²) in [7, 11) is 0. The minimum atomic E-state index is -0.0641. The summed E-state index contributed by atoms with van der Waals surface area (Å²) in [6.45, 7) is 9.48. The van der Waals surface area contributed by atoms with Crippen LogP contribution in [-0.4, -0.2) is 19.0 Å². The van der Waals surface area contributed by atoms with Gasteiger partial charge in [0.15, 0.2) is 0 Å². The number of hydrogen-bond donors (Lipinski definition) is 2. The minimum absolute atomic E-state index is 0.0641. The van der Waals surface area contributed by atoms with Crippen LogP contribution in [0.15, 0.2) is 36.9 Å². The summed E-state index contributed by atoms with van der Waals surface area (Å²) in [5, 5.41) is 6.15. The van der Waals surface area contributed by atoms with E-state index in [2.05, 4.69) is 31.1 Å². The Morgan fingerprint density at radius 2 is 2.05 bits per heavy atom. The number of benzene rings is 1. The van der Waals surface area contributed by atoms with Crippen LogP contribution in [0.4, 0.5) is 5.69 Å². The lowest BCUT2D eigenvalue weighted by Gasteiger charge is -2.12. The molecule has 104 valence electrons. The van der Waals surface area contributed by atoms with Crippen LogP contribution in [0.1, 0.15) is 37.0 Å². The third kappa shape index (κ3) is 5.60. The van der Waals surface area contributed by atoms with E-state index in [1.807, 2.05) is 24.3 Å². The van der Waals surface area contributed by atoms with Crippen molar-refractivity contribution in [2.75, 3.05) is 18.4 Å². The fourth-order valence-corrected chi connectivity index (χ4v) is 1.89. The molecule has 0 saturated carbocycles. The van der Waals surface area contributed by atoms with E-state index in [1.54, 1.807) is 6.08 Å². The van der Waals surface area contributed by atoms with Crippen LogP contribution in [0.5, 0.6) is 0 Å². The first-order valence-corrected chi connectivity index (χ1v) is 6.90. The Bertz CT molecular complexity index is 398. The highest BCUT2D eigenvalue weighted by molar-refractivity contribution is 5.94. The van der Waals surface area contributed by atoms with Crippen molar-refractivity contribution in [3.05, 3.63) is 42.5 Å². The first kappa shape index (κ1) is 15.3. The molecular formula is C16H24N2O. The van der Waals surface area contributed by atoms with E-state index in [9.17, 15) is 4.79 Å². The zero-order valence-corrected chi connectivity index (χ0v) is 11.9. The molecule has 0 aliphatic rings. The van der Waals surface area contributed by atoms with Crippen LogP contribution < -0.4 is 10.6 Å². The van der Waals surface area contributed by atoms with Crippen molar-refractivity contribution in [1.82, 2.24) is 5.32 Å². The molecule has 0 heterocycles. The van der Waals surface area contributed by atoms with E-state index >= 15 is 0 Å². The highest BCUT2D eigenvalue weighted by Crippen LogP contribution is 2.12. The third-order valence-corrected chi connectivity index (χ3v) is 2.99. The van der Waals surface area contributed by atoms with Gasteiger partial charge in [0.2, 0.25) is 0 Å². The number of hydrogen-bond acceptors (Lipinski definition) is 2. The molecule has 0 aliphatic heterocycles. The van der Waals surface area contributed by atoms with Gasteiger partial charge < -0.3 is 10.6 Å². The molecule has 2 N–H and O–H groups in total. The summed E-state index contributed by atoms with van der Waals surface area (Å²) >= 11 is 0. The van der Waals surface area contributed by atoms with Crippen LogP contribution in [0.2, 0.25) is 0 Å². The maximum absolute atomic E-state index is 11.7. The molecule has 1 rings (SSSR count). The van der Waals surface area contributed by atoms with Gasteiger partial charge >= 0.3 is 0 Å². The molecule has 1 unspecified atom stereocenters. The van der Waals surface area contributed by atoms with Crippen molar-refractivity contribution < 1.29 is 4.79 Å². The van der Waals surface area contributed by atoms with Crippen LogP contribution in [0.3, 0.4) is 0 Å². The molecule has 3 heteroatoms. The molecule has 19 heavy (non-hydrogen) atoms. The van der Waals surface area contributed by atoms with E-state index in [1.165, 1.54) is 12.8 Å². The van der Waals surface area contributed by atoms with E-state index in [-0.39, 0.29) is 5.91 Å². The Morgan fingerprint density at radius 1 is 1.37 bits per heavy atom. The molecule has 0 bridgehead atoms. The third-order valence-electron chi connectivity index (χ3n) is 2.99. The maximum Gasteiger partial charge on any atom is 0.251 e. The Hall–Kier alpha value is -1.77. The van der Waals surface area contributed by atoms with Crippen LogP contribution >= 0.6 is 0 Å². The van der Waals surface area contributed by atoms with Gasteiger partial charge in [-0.3, -0.25) is 4.79 Å². The van der Waals surface area contributed by atoms with Crippen molar-refractivity contribution >= 4 is 11.6 Å². The summed E-state index contributed by atoms with van der Waals surface area (Å²) in [6.07, 6.45) is 4.11. The summed E-state index contributed by atoms with van der Waals surface area (Å²) in [6, 6.07) is 7.57. The number of carbonyl (C=O) groups is 1. The fourth-order valence-electron chi connectivity index (χ4n) is 1.89. The molecule has 0 saturated heterocycles. The average Bonchev–Trinajstić information content (AvgIpc) is 2.43. The Balaban J connectivity index is 2.47. The van der Waals surface area contributed by atoms with Gasteiger partial charge in [0.25, 0.3) is 5.91 Å². The SMILES string of the molecule is C=CCNC(=O)c1ccc(NCC(C)CCC)cc1. The standard InChI is InChI=1S/C16H24N2O/c1-4-6-13(3)12-18-15-9-7-14(8-10-15)16(19)17-11-5-2/h5,7-10,13,18H,2,4,6,11-12H2,1,3H3,(H,17,19). The Kier molecular flexibility index (Phi) is 6.72. The molecule has 0 aromatic heterocycles. The quantitative estimate of drug-likeness (QED) is 0.703. The van der Waals surface area contributed by atoms with Gasteiger partial charge in [0.1, 0.15) is 0 Å². The molecule has 0 spiro atoms. The molecule has 1 atom stereocenters. The smallest absolute Gasteiger partial charge is 0.251 e. The molecular weight excluding hydrogens is 236 g/mol. The lowest BCUT2D eigenvalue weighted by Crippen LogP contribution is -2.23. The van der Waals surface area contributed by atoms with Crippen LogP contribution in [-0.2, 0) is 0 Å². The topological polar surface area (TPSA) is 41.1 Å². The molecule has 1 aromatic carbocycles. The largest absolute Gasteiger partial charge is 0.385 e. The molecule has 0 aliphatic carbocycles. The van der Waals surface area contributed by atoms with Gasteiger partial charge in [-0.25, -0.2) is 0 Å². The van der Waals surface area contributed by atoms with E-state index < -0.39 is 0 Å². The summed E-state index contributed by atoms with van der Waals surface area (Å²) in [5.74, 6) is 0.603. The van der Waals surface area contributed by atoms with E-state index in [0.717, 1.165) is 12.2 Å². The zero-order valence-electron chi connectivity index (χ0n) is 11.9. The van der Waals surface area contributed by atoms with Gasteiger partial charge in [0.05, 0.1) is 0 Å². The highest BCUT2D eigenvalue weighted by atomic mass is 16.1. The lowest BCUT2D eigenvalue weighted by molar-refractivity contribution is 0.0958. The summed E-state index contributed by atoms with van der Waals surface area (Å²) in [5.41, 5.74) is 1.73. The second kappa shape index (κ2) is 8.35. The molecule has 3 nitrogen and oxygen atoms in total. The number of anilines is 1. The second-order valence-electron chi connectivity index (χ2n) is 4.85. The van der Waals surface area contributed by atoms with Gasteiger partial charge in [-0.2, -0.15) is 0 Å². The van der Waals surface area contributed by atoms with E-state index in [4.69, 9.17) is 0 Å². The number of rotatable bonds is 8. The van der Waals surface area contributed by atoms with Crippen LogP contribution in [0, 0.1) is 5.92 Å². The van der Waals surface area contributed by atoms with Crippen molar-refractivity contribution in [2.45, 2.75) is 26.7 Å². The van der Waals surface area contributed by atoms with Crippen molar-refractivity contribution in [3.63, 3.8) is 0 Å². The molecule has 1 amide bonds. The Morgan fingerprint density at radius 3 is 2.63 bits per heavy atom. The predicted molar refractivity (Wildman–Crippen MR) is 81.5 cm³/mol.